The minimum Gasteiger partial charge on any atom is -0.285 e. The molecule has 0 spiro atoms. The zero-order valence-electron chi connectivity index (χ0n) is 10.4. The third-order valence-electron chi connectivity index (χ3n) is 3.18. The number of aromatic nitrogens is 1. The first-order chi connectivity index (χ1) is 8.84. The average molecular weight is 237 g/mol. The van der Waals surface area contributed by atoms with E-state index in [0.717, 1.165) is 30.0 Å². The van der Waals surface area contributed by atoms with Crippen molar-refractivity contribution in [1.29, 1.82) is 0 Å². The Kier molecular flexibility index (Phi) is 2.89. The van der Waals surface area contributed by atoms with E-state index in [0.29, 0.717) is 0 Å². The van der Waals surface area contributed by atoms with Crippen molar-refractivity contribution in [3.05, 3.63) is 53.9 Å². The van der Waals surface area contributed by atoms with Crippen LogP contribution in [0.1, 0.15) is 18.9 Å². The van der Waals surface area contributed by atoms with Crippen LogP contribution >= 0.6 is 0 Å². The molecular formula is C15H15N3. The van der Waals surface area contributed by atoms with Crippen molar-refractivity contribution in [2.24, 2.45) is 9.98 Å². The molecule has 0 N–H and O–H groups in total. The lowest BCUT2D eigenvalue weighted by atomic mass is 10.0. The lowest BCUT2D eigenvalue weighted by Crippen LogP contribution is -2.11. The van der Waals surface area contributed by atoms with Gasteiger partial charge >= 0.3 is 0 Å². The molecule has 1 aromatic rings. The number of dihydropyridines is 1. The van der Waals surface area contributed by atoms with Gasteiger partial charge in [0.05, 0.1) is 17.5 Å². The molecule has 2 aliphatic heterocycles. The van der Waals surface area contributed by atoms with E-state index in [2.05, 4.69) is 40.1 Å². The predicted molar refractivity (Wildman–Crippen MR) is 74.4 cm³/mol. The molecule has 0 aromatic carbocycles. The van der Waals surface area contributed by atoms with E-state index in [1.807, 2.05) is 18.3 Å². The van der Waals surface area contributed by atoms with Gasteiger partial charge in [0.15, 0.2) is 0 Å². The van der Waals surface area contributed by atoms with Crippen molar-refractivity contribution in [1.82, 2.24) is 4.98 Å². The predicted octanol–water partition coefficient (Wildman–Crippen LogP) is 2.60. The van der Waals surface area contributed by atoms with Gasteiger partial charge in [0.25, 0.3) is 0 Å². The van der Waals surface area contributed by atoms with Crippen molar-refractivity contribution >= 4 is 11.4 Å². The molecule has 0 amide bonds. The standard InChI is InChI=1S/C15H15N3/c1-11-13(14-6-2-3-8-17-14)9-15(18-11)12-5-4-7-16-10-12/h2,4-7,9-11H,3,8H2,1H3. The summed E-state index contributed by atoms with van der Waals surface area (Å²) in [5.74, 6) is 0. The van der Waals surface area contributed by atoms with Crippen LogP contribution in [0.25, 0.3) is 0 Å². The molecule has 18 heavy (non-hydrogen) atoms. The maximum absolute atomic E-state index is 4.68. The molecule has 1 aromatic heterocycles. The Morgan fingerprint density at radius 1 is 1.28 bits per heavy atom. The summed E-state index contributed by atoms with van der Waals surface area (Å²) >= 11 is 0. The van der Waals surface area contributed by atoms with Gasteiger partial charge in [0.1, 0.15) is 0 Å². The highest BCUT2D eigenvalue weighted by atomic mass is 14.8. The third-order valence-corrected chi connectivity index (χ3v) is 3.18. The summed E-state index contributed by atoms with van der Waals surface area (Å²) in [5.41, 5.74) is 4.37. The van der Waals surface area contributed by atoms with E-state index in [1.54, 1.807) is 6.20 Å². The maximum Gasteiger partial charge on any atom is 0.0749 e. The Morgan fingerprint density at radius 3 is 2.94 bits per heavy atom. The van der Waals surface area contributed by atoms with Crippen LogP contribution in [0.15, 0.2) is 58.3 Å². The second-order valence-corrected chi connectivity index (χ2v) is 4.49. The summed E-state index contributed by atoms with van der Waals surface area (Å²) in [7, 11) is 0. The monoisotopic (exact) mass is 237 g/mol. The summed E-state index contributed by atoms with van der Waals surface area (Å²) in [6, 6.07) is 4.16. The maximum atomic E-state index is 4.68. The number of pyridine rings is 1. The molecule has 0 fully saturated rings. The van der Waals surface area contributed by atoms with Crippen molar-refractivity contribution < 1.29 is 0 Å². The van der Waals surface area contributed by atoms with Crippen molar-refractivity contribution in [2.45, 2.75) is 19.4 Å². The summed E-state index contributed by atoms with van der Waals surface area (Å²) in [5, 5.41) is 0. The summed E-state index contributed by atoms with van der Waals surface area (Å²) < 4.78 is 0. The molecule has 3 heteroatoms. The Bertz CT molecular complexity index is 565. The third kappa shape index (κ3) is 2.04. The van der Waals surface area contributed by atoms with Crippen molar-refractivity contribution in [3.8, 4) is 0 Å². The van der Waals surface area contributed by atoms with Gasteiger partial charge in [-0.2, -0.15) is 0 Å². The molecule has 0 aliphatic carbocycles. The molecule has 3 nitrogen and oxygen atoms in total. The molecule has 90 valence electrons. The summed E-state index contributed by atoms with van der Waals surface area (Å²) in [4.78, 5) is 13.4. The topological polar surface area (TPSA) is 37.6 Å². The number of nitrogens with zero attached hydrogens (tertiary/aromatic N) is 3. The van der Waals surface area contributed by atoms with E-state index in [-0.39, 0.29) is 6.04 Å². The summed E-state index contributed by atoms with van der Waals surface area (Å²) in [6.45, 7) is 3.00. The molecule has 2 aliphatic rings. The van der Waals surface area contributed by atoms with Crippen LogP contribution in [0, 0.1) is 0 Å². The molecule has 3 heterocycles. The first-order valence-electron chi connectivity index (χ1n) is 6.26. The van der Waals surface area contributed by atoms with E-state index >= 15 is 0 Å². The number of aliphatic imine (C=N–C) groups is 2. The molecule has 0 saturated carbocycles. The molecule has 1 unspecified atom stereocenters. The Labute approximate surface area is 107 Å². The lowest BCUT2D eigenvalue weighted by Gasteiger charge is -2.10. The van der Waals surface area contributed by atoms with Crippen LogP contribution < -0.4 is 0 Å². The minimum atomic E-state index is 0.182. The van der Waals surface area contributed by atoms with Crippen LogP contribution in [0.2, 0.25) is 0 Å². The number of hydrogen-bond donors (Lipinski definition) is 0. The molecule has 1 atom stereocenters. The fourth-order valence-corrected chi connectivity index (χ4v) is 2.24. The average Bonchev–Trinajstić information content (AvgIpc) is 2.83. The second-order valence-electron chi connectivity index (χ2n) is 4.49. The molecule has 0 bridgehead atoms. The number of hydrogen-bond acceptors (Lipinski definition) is 3. The fourth-order valence-electron chi connectivity index (χ4n) is 2.24. The van der Waals surface area contributed by atoms with Crippen molar-refractivity contribution in [2.75, 3.05) is 6.54 Å². The molecule has 3 rings (SSSR count). The summed E-state index contributed by atoms with van der Waals surface area (Å²) in [6.07, 6.45) is 11.1. The van der Waals surface area contributed by atoms with Crippen LogP contribution in [0.5, 0.6) is 0 Å². The number of allylic oxidation sites excluding steroid dienone is 2. The lowest BCUT2D eigenvalue weighted by molar-refractivity contribution is 0.909. The zero-order valence-corrected chi connectivity index (χ0v) is 10.4. The van der Waals surface area contributed by atoms with Gasteiger partial charge in [0.2, 0.25) is 0 Å². The van der Waals surface area contributed by atoms with Crippen molar-refractivity contribution in [3.63, 3.8) is 0 Å². The van der Waals surface area contributed by atoms with Crippen LogP contribution in [0.3, 0.4) is 0 Å². The first-order valence-corrected chi connectivity index (χ1v) is 6.26. The van der Waals surface area contributed by atoms with Gasteiger partial charge in [-0.25, -0.2) is 0 Å². The van der Waals surface area contributed by atoms with Gasteiger partial charge in [-0.15, -0.1) is 0 Å². The first kappa shape index (κ1) is 11.1. The SMILES string of the molecule is CC1N=C(c2cccnc2)C=C1C1=NCCC=C1. The zero-order chi connectivity index (χ0) is 12.4. The highest BCUT2D eigenvalue weighted by Crippen LogP contribution is 2.21. The fraction of sp³-hybridized carbons (Fsp3) is 0.267. The van der Waals surface area contributed by atoms with Crippen LogP contribution in [0.4, 0.5) is 0 Å². The van der Waals surface area contributed by atoms with Crippen LogP contribution in [-0.4, -0.2) is 29.0 Å². The van der Waals surface area contributed by atoms with Gasteiger partial charge in [-0.3, -0.25) is 15.0 Å². The van der Waals surface area contributed by atoms with E-state index in [4.69, 9.17) is 0 Å². The second kappa shape index (κ2) is 4.69. The minimum absolute atomic E-state index is 0.182. The Morgan fingerprint density at radius 2 is 2.22 bits per heavy atom. The molecule has 0 saturated heterocycles. The van der Waals surface area contributed by atoms with Crippen LogP contribution in [-0.2, 0) is 0 Å². The highest BCUT2D eigenvalue weighted by Gasteiger charge is 2.20. The van der Waals surface area contributed by atoms with Gasteiger partial charge in [-0.1, -0.05) is 6.08 Å². The molecule has 0 radical (unpaired) electrons. The highest BCUT2D eigenvalue weighted by molar-refractivity contribution is 6.19. The Balaban J connectivity index is 1.92. The van der Waals surface area contributed by atoms with E-state index < -0.39 is 0 Å². The van der Waals surface area contributed by atoms with E-state index in [9.17, 15) is 0 Å². The largest absolute Gasteiger partial charge is 0.285 e. The van der Waals surface area contributed by atoms with E-state index in [1.165, 1.54) is 5.57 Å². The quantitative estimate of drug-likeness (QED) is 0.779. The van der Waals surface area contributed by atoms with Gasteiger partial charge < -0.3 is 0 Å². The number of rotatable bonds is 2. The van der Waals surface area contributed by atoms with Gasteiger partial charge in [0, 0.05) is 30.1 Å². The smallest absolute Gasteiger partial charge is 0.0749 e. The molecular weight excluding hydrogens is 222 g/mol. The van der Waals surface area contributed by atoms with Gasteiger partial charge in [-0.05, 0) is 37.6 Å². The normalized spacial score (nSPS) is 22.5. The Hall–Kier alpha value is -2.03.